The van der Waals surface area contributed by atoms with Gasteiger partial charge in [-0.15, -0.1) is 0 Å². The van der Waals surface area contributed by atoms with Gasteiger partial charge in [0.1, 0.15) is 5.92 Å². The lowest BCUT2D eigenvalue weighted by atomic mass is 9.93. The number of nitrogens with zero attached hydrogens (tertiary/aromatic N) is 1. The maximum Gasteiger partial charge on any atom is 0.319 e. The van der Waals surface area contributed by atoms with Crippen LogP contribution in [0.4, 0.5) is 0 Å². The average molecular weight is 261 g/mol. The van der Waals surface area contributed by atoms with Gasteiger partial charge in [0.25, 0.3) is 5.91 Å². The van der Waals surface area contributed by atoms with Crippen molar-refractivity contribution in [2.24, 2.45) is 5.92 Å². The van der Waals surface area contributed by atoms with Crippen LogP contribution < -0.4 is 0 Å². The van der Waals surface area contributed by atoms with Crippen LogP contribution in [0.1, 0.15) is 18.5 Å². The summed E-state index contributed by atoms with van der Waals surface area (Å²) >= 11 is 0. The van der Waals surface area contributed by atoms with Crippen LogP contribution >= 0.6 is 0 Å². The third kappa shape index (κ3) is 2.23. The molecule has 100 valence electrons. The summed E-state index contributed by atoms with van der Waals surface area (Å²) in [7, 11) is 1.52. The fourth-order valence-electron chi connectivity index (χ4n) is 2.33. The largest absolute Gasteiger partial charge is 0.465 e. The molecular weight excluding hydrogens is 246 g/mol. The number of carbonyl (C=O) groups excluding carboxylic acids is 3. The summed E-state index contributed by atoms with van der Waals surface area (Å²) in [4.78, 5) is 36.9. The van der Waals surface area contributed by atoms with Crippen molar-refractivity contribution in [1.82, 2.24) is 4.90 Å². The molecule has 1 aliphatic rings. The number of likely N-dealkylation sites (tertiary alicyclic amines) is 1. The Hall–Kier alpha value is -2.17. The molecule has 5 heteroatoms. The predicted octanol–water partition coefficient (Wildman–Crippen LogP) is 0.948. The summed E-state index contributed by atoms with van der Waals surface area (Å²) in [6.45, 7) is 1.85. The third-order valence-electron chi connectivity index (χ3n) is 3.23. The predicted molar refractivity (Wildman–Crippen MR) is 67.1 cm³/mol. The number of esters is 1. The lowest BCUT2D eigenvalue weighted by molar-refractivity contribution is -0.152. The molecule has 1 heterocycles. The van der Waals surface area contributed by atoms with Crippen molar-refractivity contribution in [3.8, 4) is 0 Å². The van der Waals surface area contributed by atoms with Gasteiger partial charge in [0, 0.05) is 7.05 Å². The Morgan fingerprint density at radius 1 is 1.26 bits per heavy atom. The molecule has 0 bridgehead atoms. The molecule has 2 atom stereocenters. The highest BCUT2D eigenvalue weighted by Crippen LogP contribution is 2.35. The van der Waals surface area contributed by atoms with Crippen molar-refractivity contribution in [2.75, 3.05) is 13.7 Å². The monoisotopic (exact) mass is 261 g/mol. The Labute approximate surface area is 111 Å². The van der Waals surface area contributed by atoms with Crippen LogP contribution in [0.15, 0.2) is 30.3 Å². The number of rotatable bonds is 3. The first-order chi connectivity index (χ1) is 9.07. The van der Waals surface area contributed by atoms with E-state index in [0.717, 1.165) is 5.56 Å². The zero-order valence-electron chi connectivity index (χ0n) is 10.8. The molecule has 19 heavy (non-hydrogen) atoms. The van der Waals surface area contributed by atoms with E-state index >= 15 is 0 Å². The maximum absolute atomic E-state index is 11.9. The molecule has 0 unspecified atom stereocenters. The number of hydrogen-bond donors (Lipinski definition) is 0. The van der Waals surface area contributed by atoms with E-state index in [-0.39, 0.29) is 6.61 Å². The normalized spacial score (nSPS) is 22.7. The summed E-state index contributed by atoms with van der Waals surface area (Å²) < 4.78 is 4.91. The van der Waals surface area contributed by atoms with Crippen LogP contribution in [-0.4, -0.2) is 36.2 Å². The van der Waals surface area contributed by atoms with Gasteiger partial charge < -0.3 is 9.64 Å². The van der Waals surface area contributed by atoms with Gasteiger partial charge in [-0.25, -0.2) is 0 Å². The van der Waals surface area contributed by atoms with Crippen molar-refractivity contribution < 1.29 is 19.1 Å². The fourth-order valence-corrected chi connectivity index (χ4v) is 2.33. The molecule has 1 saturated heterocycles. The number of amides is 1. The Bertz CT molecular complexity index is 511. The van der Waals surface area contributed by atoms with Crippen molar-refractivity contribution in [2.45, 2.75) is 13.0 Å². The van der Waals surface area contributed by atoms with Gasteiger partial charge in [-0.1, -0.05) is 30.3 Å². The highest BCUT2D eigenvalue weighted by molar-refractivity contribution is 6.42. The topological polar surface area (TPSA) is 63.7 Å². The Kier molecular flexibility index (Phi) is 3.64. The number of ether oxygens (including phenoxy) is 1. The number of Topliss-reactive ketones (excluding diaryl/α,β-unsaturated/α-hetero) is 1. The second-order valence-corrected chi connectivity index (χ2v) is 4.37. The SMILES string of the molecule is CCOC(=O)[C@H]1C(=O)C(=O)N(C)[C@@H]1c1ccccc1. The molecule has 0 aliphatic carbocycles. The van der Waals surface area contributed by atoms with E-state index in [1.54, 1.807) is 31.2 Å². The molecular formula is C14H15NO4. The van der Waals surface area contributed by atoms with E-state index in [1.807, 2.05) is 6.07 Å². The zero-order chi connectivity index (χ0) is 14.0. The second kappa shape index (κ2) is 5.22. The van der Waals surface area contributed by atoms with Gasteiger partial charge in [-0.3, -0.25) is 14.4 Å². The Morgan fingerprint density at radius 2 is 1.89 bits per heavy atom. The quantitative estimate of drug-likeness (QED) is 0.461. The summed E-state index contributed by atoms with van der Waals surface area (Å²) in [6.07, 6.45) is 0. The molecule has 0 radical (unpaired) electrons. The molecule has 0 N–H and O–H groups in total. The van der Waals surface area contributed by atoms with Gasteiger partial charge in [0.05, 0.1) is 12.6 Å². The number of benzene rings is 1. The van der Waals surface area contributed by atoms with Crippen LogP contribution in [0.25, 0.3) is 0 Å². The van der Waals surface area contributed by atoms with Gasteiger partial charge in [0.2, 0.25) is 5.78 Å². The van der Waals surface area contributed by atoms with Crippen molar-refractivity contribution in [1.29, 1.82) is 0 Å². The van der Waals surface area contributed by atoms with Crippen LogP contribution in [0.2, 0.25) is 0 Å². The fraction of sp³-hybridized carbons (Fsp3) is 0.357. The van der Waals surface area contributed by atoms with Gasteiger partial charge in [-0.05, 0) is 12.5 Å². The summed E-state index contributed by atoms with van der Waals surface area (Å²) in [6, 6.07) is 8.44. The van der Waals surface area contributed by atoms with Crippen LogP contribution in [0.5, 0.6) is 0 Å². The van der Waals surface area contributed by atoms with E-state index in [0.29, 0.717) is 0 Å². The summed E-state index contributed by atoms with van der Waals surface area (Å²) in [5.41, 5.74) is 0.752. The van der Waals surface area contributed by atoms with Crippen molar-refractivity contribution >= 4 is 17.7 Å². The van der Waals surface area contributed by atoms with Crippen LogP contribution in [-0.2, 0) is 19.1 Å². The van der Waals surface area contributed by atoms with Gasteiger partial charge in [0.15, 0.2) is 0 Å². The Balaban J connectivity index is 2.40. The molecule has 1 amide bonds. The van der Waals surface area contributed by atoms with E-state index in [2.05, 4.69) is 0 Å². The van der Waals surface area contributed by atoms with Gasteiger partial charge in [-0.2, -0.15) is 0 Å². The molecule has 0 aromatic heterocycles. The molecule has 1 fully saturated rings. The van der Waals surface area contributed by atoms with Crippen LogP contribution in [0.3, 0.4) is 0 Å². The molecule has 0 saturated carbocycles. The second-order valence-electron chi connectivity index (χ2n) is 4.37. The van der Waals surface area contributed by atoms with E-state index in [9.17, 15) is 14.4 Å². The standard InChI is InChI=1S/C14H15NO4/c1-3-19-14(18)10-11(9-7-5-4-6-8-9)15(2)13(17)12(10)16/h4-8,10-11H,3H2,1-2H3/t10-,11-/m1/s1. The lowest BCUT2D eigenvalue weighted by Crippen LogP contribution is -2.28. The van der Waals surface area contributed by atoms with E-state index < -0.39 is 29.6 Å². The first-order valence-corrected chi connectivity index (χ1v) is 6.10. The highest BCUT2D eigenvalue weighted by Gasteiger charge is 2.50. The zero-order valence-corrected chi connectivity index (χ0v) is 10.8. The third-order valence-corrected chi connectivity index (χ3v) is 3.23. The number of hydrogen-bond acceptors (Lipinski definition) is 4. The molecule has 1 aliphatic heterocycles. The number of ketones is 1. The highest BCUT2D eigenvalue weighted by atomic mass is 16.5. The first-order valence-electron chi connectivity index (χ1n) is 6.10. The number of carbonyl (C=O) groups is 3. The minimum atomic E-state index is -1.07. The van der Waals surface area contributed by atoms with Crippen molar-refractivity contribution in [3.63, 3.8) is 0 Å². The molecule has 1 aromatic rings. The molecule has 2 rings (SSSR count). The van der Waals surface area contributed by atoms with Crippen molar-refractivity contribution in [3.05, 3.63) is 35.9 Å². The van der Waals surface area contributed by atoms with Crippen LogP contribution in [0, 0.1) is 5.92 Å². The van der Waals surface area contributed by atoms with E-state index in [1.165, 1.54) is 11.9 Å². The summed E-state index contributed by atoms with van der Waals surface area (Å²) in [5.74, 6) is -3.05. The minimum absolute atomic E-state index is 0.183. The maximum atomic E-state index is 11.9. The average Bonchev–Trinajstić information content (AvgIpc) is 2.64. The minimum Gasteiger partial charge on any atom is -0.465 e. The molecule has 1 aromatic carbocycles. The smallest absolute Gasteiger partial charge is 0.319 e. The summed E-state index contributed by atoms with van der Waals surface area (Å²) in [5, 5.41) is 0. The van der Waals surface area contributed by atoms with E-state index in [4.69, 9.17) is 4.74 Å². The molecule has 0 spiro atoms. The Morgan fingerprint density at radius 3 is 2.47 bits per heavy atom. The lowest BCUT2D eigenvalue weighted by Gasteiger charge is -2.22. The molecule has 5 nitrogen and oxygen atoms in total. The number of likely N-dealkylation sites (N-methyl/N-ethyl adjacent to an activating group) is 1. The van der Waals surface area contributed by atoms with Gasteiger partial charge >= 0.3 is 5.97 Å². The first kappa shape index (κ1) is 13.3.